The van der Waals surface area contributed by atoms with Crippen molar-refractivity contribution in [3.8, 4) is 0 Å². The van der Waals surface area contributed by atoms with Gasteiger partial charge in [0.25, 0.3) is 5.91 Å². The summed E-state index contributed by atoms with van der Waals surface area (Å²) in [5.74, 6) is -0.582. The number of likely N-dealkylation sites (N-methyl/N-ethyl adjacent to an activating group) is 1. The summed E-state index contributed by atoms with van der Waals surface area (Å²) in [4.78, 5) is 25.0. The molecule has 1 heterocycles. The van der Waals surface area contributed by atoms with Crippen LogP contribution in [-0.4, -0.2) is 39.1 Å². The van der Waals surface area contributed by atoms with Gasteiger partial charge in [0.2, 0.25) is 0 Å². The van der Waals surface area contributed by atoms with E-state index in [0.29, 0.717) is 12.1 Å². The Morgan fingerprint density at radius 3 is 3.00 bits per heavy atom. The van der Waals surface area contributed by atoms with E-state index in [1.54, 1.807) is 6.08 Å². The Labute approximate surface area is 118 Å². The van der Waals surface area contributed by atoms with Crippen LogP contribution in [0.1, 0.15) is 15.9 Å². The highest BCUT2D eigenvalue weighted by atomic mass is 16.5. The number of anilines is 1. The molecule has 1 aromatic rings. The molecule has 0 radical (unpaired) electrons. The lowest BCUT2D eigenvalue weighted by atomic mass is 10.1. The highest BCUT2D eigenvalue weighted by Gasteiger charge is 2.17. The third-order valence-corrected chi connectivity index (χ3v) is 3.31. The molecule has 0 unspecified atom stereocenters. The fourth-order valence-electron chi connectivity index (χ4n) is 2.16. The molecule has 20 heavy (non-hydrogen) atoms. The minimum absolute atomic E-state index is 0.150. The lowest BCUT2D eigenvalue weighted by Gasteiger charge is -2.12. The molecule has 0 aliphatic carbocycles. The van der Waals surface area contributed by atoms with Crippen molar-refractivity contribution in [1.82, 2.24) is 5.32 Å². The van der Waals surface area contributed by atoms with E-state index in [1.165, 1.54) is 18.7 Å². The van der Waals surface area contributed by atoms with Gasteiger partial charge in [0, 0.05) is 37.5 Å². The Morgan fingerprint density at radius 2 is 2.25 bits per heavy atom. The average Bonchev–Trinajstić information content (AvgIpc) is 2.84. The van der Waals surface area contributed by atoms with Crippen LogP contribution in [0.15, 0.2) is 30.4 Å². The van der Waals surface area contributed by atoms with Crippen LogP contribution in [0, 0.1) is 0 Å². The number of esters is 1. The number of hydrogen-bond acceptors (Lipinski definition) is 4. The normalized spacial score (nSPS) is 13.4. The number of amides is 1. The minimum Gasteiger partial charge on any atom is -0.466 e. The second-order valence-corrected chi connectivity index (χ2v) is 4.65. The molecule has 0 fully saturated rings. The van der Waals surface area contributed by atoms with E-state index in [9.17, 15) is 9.59 Å². The number of carbonyl (C=O) groups is 2. The second kappa shape index (κ2) is 6.23. The predicted octanol–water partition coefficient (Wildman–Crippen LogP) is 1.14. The van der Waals surface area contributed by atoms with E-state index in [-0.39, 0.29) is 5.91 Å². The van der Waals surface area contributed by atoms with Gasteiger partial charge in [0.05, 0.1) is 7.11 Å². The van der Waals surface area contributed by atoms with E-state index in [2.05, 4.69) is 15.0 Å². The first-order valence-electron chi connectivity index (χ1n) is 6.48. The van der Waals surface area contributed by atoms with Gasteiger partial charge < -0.3 is 15.0 Å². The molecular formula is C15H18N2O3. The van der Waals surface area contributed by atoms with Crippen molar-refractivity contribution in [1.29, 1.82) is 0 Å². The summed E-state index contributed by atoms with van der Waals surface area (Å²) >= 11 is 0. The molecule has 1 aliphatic rings. The molecule has 1 N–H and O–H groups in total. The quantitative estimate of drug-likeness (QED) is 0.660. The summed E-state index contributed by atoms with van der Waals surface area (Å²) in [6, 6.07) is 5.73. The van der Waals surface area contributed by atoms with Crippen LogP contribution >= 0.6 is 0 Å². The largest absolute Gasteiger partial charge is 0.466 e. The van der Waals surface area contributed by atoms with E-state index >= 15 is 0 Å². The molecule has 0 saturated carbocycles. The SMILES string of the molecule is COC(=O)/C=C/CNC(=O)c1ccc2c(c1)N(C)CC2. The summed E-state index contributed by atoms with van der Waals surface area (Å²) in [6.07, 6.45) is 3.87. The number of fused-ring (bicyclic) bond motifs is 1. The number of hydrogen-bond donors (Lipinski definition) is 1. The lowest BCUT2D eigenvalue weighted by Crippen LogP contribution is -2.23. The van der Waals surface area contributed by atoms with E-state index < -0.39 is 5.97 Å². The molecule has 0 saturated heterocycles. The van der Waals surface area contributed by atoms with Gasteiger partial charge in [-0.2, -0.15) is 0 Å². The molecular weight excluding hydrogens is 256 g/mol. The summed E-state index contributed by atoms with van der Waals surface area (Å²) in [5, 5.41) is 2.73. The molecule has 0 atom stereocenters. The Morgan fingerprint density at radius 1 is 1.45 bits per heavy atom. The first kappa shape index (κ1) is 14.1. The van der Waals surface area contributed by atoms with E-state index in [0.717, 1.165) is 18.7 Å². The maximum absolute atomic E-state index is 12.0. The van der Waals surface area contributed by atoms with Gasteiger partial charge in [-0.3, -0.25) is 4.79 Å². The van der Waals surface area contributed by atoms with E-state index in [4.69, 9.17) is 0 Å². The van der Waals surface area contributed by atoms with Gasteiger partial charge in [0.1, 0.15) is 0 Å². The number of nitrogens with zero attached hydrogens (tertiary/aromatic N) is 1. The number of rotatable bonds is 4. The molecule has 1 aliphatic heterocycles. The number of nitrogens with one attached hydrogen (secondary N) is 1. The van der Waals surface area contributed by atoms with Crippen LogP contribution in [0.5, 0.6) is 0 Å². The van der Waals surface area contributed by atoms with Crippen LogP contribution in [-0.2, 0) is 16.0 Å². The Balaban J connectivity index is 1.95. The van der Waals surface area contributed by atoms with Gasteiger partial charge >= 0.3 is 5.97 Å². The molecule has 0 aromatic heterocycles. The van der Waals surface area contributed by atoms with Crippen molar-refractivity contribution in [3.63, 3.8) is 0 Å². The fourth-order valence-corrected chi connectivity index (χ4v) is 2.16. The van der Waals surface area contributed by atoms with Crippen LogP contribution in [0.4, 0.5) is 5.69 Å². The molecule has 0 bridgehead atoms. The van der Waals surface area contributed by atoms with Crippen molar-refractivity contribution in [2.75, 3.05) is 32.1 Å². The van der Waals surface area contributed by atoms with Gasteiger partial charge in [-0.15, -0.1) is 0 Å². The van der Waals surface area contributed by atoms with Gasteiger partial charge in [-0.25, -0.2) is 4.79 Å². The molecule has 5 heteroatoms. The summed E-state index contributed by atoms with van der Waals surface area (Å²) in [6.45, 7) is 1.28. The molecule has 106 valence electrons. The van der Waals surface area contributed by atoms with Crippen molar-refractivity contribution >= 4 is 17.6 Å². The first-order valence-corrected chi connectivity index (χ1v) is 6.48. The van der Waals surface area contributed by atoms with Crippen molar-refractivity contribution in [2.45, 2.75) is 6.42 Å². The third-order valence-electron chi connectivity index (χ3n) is 3.31. The molecule has 1 amide bonds. The number of methoxy groups -OCH3 is 1. The standard InChI is InChI=1S/C15H18N2O3/c1-17-9-7-11-5-6-12(10-13(11)17)15(19)16-8-3-4-14(18)20-2/h3-6,10H,7-9H2,1-2H3,(H,16,19)/b4-3+. The number of ether oxygens (including phenoxy) is 1. The summed E-state index contributed by atoms with van der Waals surface area (Å²) in [5.41, 5.74) is 3.02. The number of benzene rings is 1. The van der Waals surface area contributed by atoms with Crippen LogP contribution in [0.25, 0.3) is 0 Å². The second-order valence-electron chi connectivity index (χ2n) is 4.65. The summed E-state index contributed by atoms with van der Waals surface area (Å²) in [7, 11) is 3.33. The van der Waals surface area contributed by atoms with E-state index in [1.807, 2.05) is 25.2 Å². The van der Waals surface area contributed by atoms with Gasteiger partial charge in [-0.1, -0.05) is 12.1 Å². The van der Waals surface area contributed by atoms with Crippen LogP contribution in [0.2, 0.25) is 0 Å². The highest BCUT2D eigenvalue weighted by molar-refractivity contribution is 5.95. The minimum atomic E-state index is -0.432. The van der Waals surface area contributed by atoms with Gasteiger partial charge in [-0.05, 0) is 24.1 Å². The Hall–Kier alpha value is -2.30. The monoisotopic (exact) mass is 274 g/mol. The maximum atomic E-state index is 12.0. The zero-order valence-corrected chi connectivity index (χ0v) is 11.7. The molecule has 0 spiro atoms. The topological polar surface area (TPSA) is 58.6 Å². The molecule has 1 aromatic carbocycles. The molecule has 2 rings (SSSR count). The summed E-state index contributed by atoms with van der Waals surface area (Å²) < 4.78 is 4.46. The first-order chi connectivity index (χ1) is 9.61. The van der Waals surface area contributed by atoms with Crippen molar-refractivity contribution in [2.24, 2.45) is 0 Å². The highest BCUT2D eigenvalue weighted by Crippen LogP contribution is 2.27. The van der Waals surface area contributed by atoms with Crippen molar-refractivity contribution in [3.05, 3.63) is 41.5 Å². The lowest BCUT2D eigenvalue weighted by molar-refractivity contribution is -0.134. The number of carbonyl (C=O) groups excluding carboxylic acids is 2. The maximum Gasteiger partial charge on any atom is 0.330 e. The van der Waals surface area contributed by atoms with Crippen molar-refractivity contribution < 1.29 is 14.3 Å². The average molecular weight is 274 g/mol. The van der Waals surface area contributed by atoms with Gasteiger partial charge in [0.15, 0.2) is 0 Å². The molecule has 5 nitrogen and oxygen atoms in total. The Bertz CT molecular complexity index is 552. The predicted molar refractivity (Wildman–Crippen MR) is 76.9 cm³/mol. The fraction of sp³-hybridized carbons (Fsp3) is 0.333. The van der Waals surface area contributed by atoms with Crippen LogP contribution in [0.3, 0.4) is 0 Å². The zero-order valence-electron chi connectivity index (χ0n) is 11.7. The zero-order chi connectivity index (χ0) is 14.5. The smallest absolute Gasteiger partial charge is 0.330 e. The Kier molecular flexibility index (Phi) is 4.40. The van der Waals surface area contributed by atoms with Crippen LogP contribution < -0.4 is 10.2 Å². The third kappa shape index (κ3) is 3.17.